The lowest BCUT2D eigenvalue weighted by Crippen LogP contribution is -2.17. The van der Waals surface area contributed by atoms with Crippen molar-refractivity contribution in [3.05, 3.63) is 156 Å². The Bertz CT molecular complexity index is 2580. The lowest BCUT2D eigenvalue weighted by Gasteiger charge is -2.30. The van der Waals surface area contributed by atoms with Gasteiger partial charge in [0.2, 0.25) is 0 Å². The van der Waals surface area contributed by atoms with Gasteiger partial charge in [0, 0.05) is 44.1 Å². The van der Waals surface area contributed by atoms with Crippen LogP contribution in [0.2, 0.25) is 0 Å². The summed E-state index contributed by atoms with van der Waals surface area (Å²) in [5, 5.41) is 4.94. The van der Waals surface area contributed by atoms with Gasteiger partial charge in [-0.25, -0.2) is 0 Å². The molecule has 3 aliphatic carbocycles. The number of aromatic nitrogens is 1. The molecule has 0 fully saturated rings. The average Bonchev–Trinajstić information content (AvgIpc) is 3.70. The van der Waals surface area contributed by atoms with Gasteiger partial charge >= 0.3 is 0 Å². The molecular formula is C44H33NO. The summed E-state index contributed by atoms with van der Waals surface area (Å²) in [4.78, 5) is 0. The van der Waals surface area contributed by atoms with E-state index in [4.69, 9.17) is 4.42 Å². The fourth-order valence-electron chi connectivity index (χ4n) is 8.64. The molecule has 7 aromatic rings. The van der Waals surface area contributed by atoms with Crippen molar-refractivity contribution in [2.45, 2.75) is 26.2 Å². The van der Waals surface area contributed by atoms with Gasteiger partial charge in [0.1, 0.15) is 11.2 Å². The molecule has 0 bridgehead atoms. The van der Waals surface area contributed by atoms with Crippen molar-refractivity contribution in [2.75, 3.05) is 0 Å². The van der Waals surface area contributed by atoms with Gasteiger partial charge in [-0.05, 0) is 75.7 Å². The lowest BCUT2D eigenvalue weighted by molar-refractivity contribution is 0.600. The van der Waals surface area contributed by atoms with Gasteiger partial charge < -0.3 is 8.98 Å². The molecule has 3 aliphatic rings. The Morgan fingerprint density at radius 3 is 2.43 bits per heavy atom. The van der Waals surface area contributed by atoms with Crippen molar-refractivity contribution in [3.63, 3.8) is 0 Å². The van der Waals surface area contributed by atoms with E-state index in [2.05, 4.69) is 159 Å². The van der Waals surface area contributed by atoms with Crippen LogP contribution in [0.25, 0.3) is 66.1 Å². The first-order chi connectivity index (χ1) is 22.5. The van der Waals surface area contributed by atoms with Crippen LogP contribution in [0.5, 0.6) is 0 Å². The van der Waals surface area contributed by atoms with Crippen molar-refractivity contribution in [3.8, 4) is 16.8 Å². The highest BCUT2D eigenvalue weighted by Crippen LogP contribution is 2.53. The summed E-state index contributed by atoms with van der Waals surface area (Å²) < 4.78 is 9.00. The minimum atomic E-state index is -0.154. The molecule has 46 heavy (non-hydrogen) atoms. The first-order valence-corrected chi connectivity index (χ1v) is 16.4. The molecule has 0 amide bonds. The average molecular weight is 592 g/mol. The number of para-hydroxylation sites is 2. The molecule has 5 aromatic carbocycles. The normalized spacial score (nSPS) is 19.5. The van der Waals surface area contributed by atoms with Crippen molar-refractivity contribution >= 4 is 49.3 Å². The van der Waals surface area contributed by atoms with Crippen LogP contribution in [-0.2, 0) is 5.41 Å². The fraction of sp³-hybridized carbons (Fsp3) is 0.136. The number of rotatable bonds is 2. The molecule has 220 valence electrons. The predicted octanol–water partition coefficient (Wildman–Crippen LogP) is 11.7. The molecule has 2 atom stereocenters. The van der Waals surface area contributed by atoms with Crippen LogP contribution in [0.4, 0.5) is 0 Å². The van der Waals surface area contributed by atoms with E-state index in [1.54, 1.807) is 0 Å². The maximum atomic E-state index is 6.54. The minimum Gasteiger partial charge on any atom is -0.455 e. The van der Waals surface area contributed by atoms with Crippen LogP contribution in [0.3, 0.4) is 0 Å². The number of benzene rings is 5. The van der Waals surface area contributed by atoms with Crippen molar-refractivity contribution in [1.29, 1.82) is 0 Å². The molecule has 1 unspecified atom stereocenters. The molecule has 2 heterocycles. The van der Waals surface area contributed by atoms with Crippen LogP contribution in [-0.4, -0.2) is 4.57 Å². The number of allylic oxidation sites excluding steroid dienone is 8. The third-order valence-corrected chi connectivity index (χ3v) is 11.0. The van der Waals surface area contributed by atoms with Crippen LogP contribution in [0.15, 0.2) is 144 Å². The van der Waals surface area contributed by atoms with Crippen LogP contribution < -0.4 is 0 Å². The Kier molecular flexibility index (Phi) is 5.14. The Hall–Kier alpha value is -5.34. The molecule has 2 aromatic heterocycles. The molecule has 10 rings (SSSR count). The van der Waals surface area contributed by atoms with E-state index in [9.17, 15) is 0 Å². The number of hydrogen-bond donors (Lipinski definition) is 0. The Labute approximate surface area is 268 Å². The molecule has 0 saturated heterocycles. The van der Waals surface area contributed by atoms with Gasteiger partial charge in [-0.2, -0.15) is 0 Å². The summed E-state index contributed by atoms with van der Waals surface area (Å²) in [5.74, 6) is 0.854. The SMILES string of the molecule is CC1C(c2ccc3c(c2)c2ccccc2n3-c2ccc3c(c2)C(C)(C)c2ccc4c(oc5ccccc54)c2-3)=CC=C2C=CC=C[C@@H]21. The minimum absolute atomic E-state index is 0.154. The predicted molar refractivity (Wildman–Crippen MR) is 193 cm³/mol. The van der Waals surface area contributed by atoms with E-state index in [1.165, 1.54) is 77.2 Å². The number of hydrogen-bond acceptors (Lipinski definition) is 1. The third kappa shape index (κ3) is 3.36. The second-order valence-corrected chi connectivity index (χ2v) is 13.7. The van der Waals surface area contributed by atoms with Gasteiger partial charge in [0.25, 0.3) is 0 Å². The van der Waals surface area contributed by atoms with Gasteiger partial charge in [-0.3, -0.25) is 0 Å². The molecular weight excluding hydrogens is 558 g/mol. The summed E-state index contributed by atoms with van der Waals surface area (Å²) in [7, 11) is 0. The van der Waals surface area contributed by atoms with Crippen LogP contribution in [0, 0.1) is 11.8 Å². The van der Waals surface area contributed by atoms with E-state index in [0.29, 0.717) is 11.8 Å². The van der Waals surface area contributed by atoms with E-state index < -0.39 is 0 Å². The summed E-state index contributed by atoms with van der Waals surface area (Å²) in [6, 6.07) is 35.9. The highest BCUT2D eigenvalue weighted by molar-refractivity contribution is 6.12. The number of fused-ring (bicyclic) bond motifs is 11. The van der Waals surface area contributed by atoms with Crippen molar-refractivity contribution < 1.29 is 4.42 Å². The van der Waals surface area contributed by atoms with Gasteiger partial charge in [-0.15, -0.1) is 0 Å². The number of nitrogens with zero attached hydrogens (tertiary/aromatic N) is 1. The molecule has 0 N–H and O–H groups in total. The third-order valence-electron chi connectivity index (χ3n) is 11.0. The fourth-order valence-corrected chi connectivity index (χ4v) is 8.64. The zero-order valence-electron chi connectivity index (χ0n) is 26.2. The highest BCUT2D eigenvalue weighted by Gasteiger charge is 2.38. The summed E-state index contributed by atoms with van der Waals surface area (Å²) in [6.07, 6.45) is 13.6. The first kappa shape index (κ1) is 25.9. The summed E-state index contributed by atoms with van der Waals surface area (Å²) >= 11 is 0. The standard InChI is InChI=1S/C44H33NO/c1-26-30-11-5-4-10-27(30)16-19-31(26)28-17-23-40-36(24-28)32-12-6-8-14-39(32)45(40)29-18-20-35-38(25-29)44(2,3)37-22-21-34-33-13-7-9-15-41(33)46-43(34)42(35)37/h4-26,30H,1-3H3/t26?,30-/m1/s1. The van der Waals surface area contributed by atoms with E-state index in [1.807, 2.05) is 0 Å². The molecule has 0 saturated carbocycles. The first-order valence-electron chi connectivity index (χ1n) is 16.4. The Balaban J connectivity index is 1.16. The van der Waals surface area contributed by atoms with E-state index >= 15 is 0 Å². The van der Waals surface area contributed by atoms with E-state index in [-0.39, 0.29) is 5.41 Å². The number of furan rings is 1. The maximum Gasteiger partial charge on any atom is 0.143 e. The lowest BCUT2D eigenvalue weighted by atomic mass is 9.74. The smallest absolute Gasteiger partial charge is 0.143 e. The zero-order valence-corrected chi connectivity index (χ0v) is 26.2. The summed E-state index contributed by atoms with van der Waals surface area (Å²) in [5.41, 5.74) is 14.7. The topological polar surface area (TPSA) is 18.1 Å². The molecule has 0 aliphatic heterocycles. The quantitative estimate of drug-likeness (QED) is 0.196. The summed E-state index contributed by atoms with van der Waals surface area (Å²) in [6.45, 7) is 7.07. The van der Waals surface area contributed by atoms with E-state index in [0.717, 1.165) is 11.2 Å². The molecule has 0 spiro atoms. The van der Waals surface area contributed by atoms with Crippen molar-refractivity contribution in [2.24, 2.45) is 11.8 Å². The van der Waals surface area contributed by atoms with Crippen molar-refractivity contribution in [1.82, 2.24) is 4.57 Å². The molecule has 2 nitrogen and oxygen atoms in total. The molecule has 2 heteroatoms. The highest BCUT2D eigenvalue weighted by atomic mass is 16.3. The Morgan fingerprint density at radius 1 is 0.696 bits per heavy atom. The monoisotopic (exact) mass is 591 g/mol. The van der Waals surface area contributed by atoms with Crippen LogP contribution >= 0.6 is 0 Å². The second kappa shape index (κ2) is 9.11. The maximum absolute atomic E-state index is 6.54. The zero-order chi connectivity index (χ0) is 30.7. The largest absolute Gasteiger partial charge is 0.455 e. The second-order valence-electron chi connectivity index (χ2n) is 13.7. The van der Waals surface area contributed by atoms with Gasteiger partial charge in [-0.1, -0.05) is 118 Å². The Morgan fingerprint density at radius 2 is 1.52 bits per heavy atom. The van der Waals surface area contributed by atoms with Crippen LogP contribution in [0.1, 0.15) is 37.5 Å². The van der Waals surface area contributed by atoms with Gasteiger partial charge in [0.05, 0.1) is 11.0 Å². The molecule has 0 radical (unpaired) electrons. The van der Waals surface area contributed by atoms with Gasteiger partial charge in [0.15, 0.2) is 0 Å².